The van der Waals surface area contributed by atoms with E-state index in [1.807, 2.05) is 0 Å². The van der Waals surface area contributed by atoms with Crippen LogP contribution in [0.3, 0.4) is 0 Å². The molecule has 1 heterocycles. The number of furan rings is 1. The maximum atomic E-state index is 11.4. The fraction of sp³-hybridized carbons (Fsp3) is 0.300. The van der Waals surface area contributed by atoms with Gasteiger partial charge in [0.2, 0.25) is 5.91 Å². The molecular weight excluding hydrogens is 230 g/mol. The quantitative estimate of drug-likeness (QED) is 0.638. The van der Waals surface area contributed by atoms with Crippen molar-refractivity contribution >= 4 is 17.8 Å². The van der Waals surface area contributed by atoms with Gasteiger partial charge in [-0.25, -0.2) is 4.79 Å². The van der Waals surface area contributed by atoms with Gasteiger partial charge in [0.1, 0.15) is 11.8 Å². The van der Waals surface area contributed by atoms with E-state index in [-0.39, 0.29) is 6.42 Å². The van der Waals surface area contributed by atoms with Gasteiger partial charge in [-0.05, 0) is 12.1 Å². The third-order valence-corrected chi connectivity index (χ3v) is 1.93. The Morgan fingerprint density at radius 2 is 2.06 bits per heavy atom. The number of carboxylic acid groups (broad SMARTS) is 2. The van der Waals surface area contributed by atoms with Gasteiger partial charge >= 0.3 is 11.9 Å². The number of hydrogen-bond donors (Lipinski definition) is 3. The molecule has 0 radical (unpaired) electrons. The van der Waals surface area contributed by atoms with Crippen LogP contribution in [-0.2, 0) is 20.8 Å². The van der Waals surface area contributed by atoms with Crippen molar-refractivity contribution in [1.29, 1.82) is 0 Å². The number of rotatable bonds is 6. The normalized spacial score (nSPS) is 11.8. The second-order valence-electron chi connectivity index (χ2n) is 3.31. The van der Waals surface area contributed by atoms with Crippen LogP contribution >= 0.6 is 0 Å². The van der Waals surface area contributed by atoms with Gasteiger partial charge in [0.15, 0.2) is 0 Å². The number of nitrogens with one attached hydrogen (secondary N) is 1. The van der Waals surface area contributed by atoms with Crippen LogP contribution in [0.4, 0.5) is 0 Å². The summed E-state index contributed by atoms with van der Waals surface area (Å²) in [5.41, 5.74) is 0. The van der Waals surface area contributed by atoms with E-state index in [4.69, 9.17) is 14.6 Å². The molecule has 92 valence electrons. The molecule has 0 spiro atoms. The van der Waals surface area contributed by atoms with Gasteiger partial charge in [-0.3, -0.25) is 9.59 Å². The number of hydrogen-bond acceptors (Lipinski definition) is 4. The third-order valence-electron chi connectivity index (χ3n) is 1.93. The Labute approximate surface area is 96.0 Å². The highest BCUT2D eigenvalue weighted by molar-refractivity contribution is 5.87. The summed E-state index contributed by atoms with van der Waals surface area (Å²) in [6.45, 7) is 0. The van der Waals surface area contributed by atoms with E-state index in [1.165, 1.54) is 6.26 Å². The standard InChI is InChI=1S/C10H11NO6/c12-8(4-6-2-1-3-17-6)11-7(10(15)16)5-9(13)14/h1-3,7H,4-5H2,(H,11,12)(H,13,14)(H,15,16). The maximum absolute atomic E-state index is 11.4. The summed E-state index contributed by atoms with van der Waals surface area (Å²) < 4.78 is 4.90. The molecule has 17 heavy (non-hydrogen) atoms. The molecule has 0 aliphatic heterocycles. The lowest BCUT2D eigenvalue weighted by Gasteiger charge is -2.11. The zero-order chi connectivity index (χ0) is 12.8. The maximum Gasteiger partial charge on any atom is 0.326 e. The predicted octanol–water partition coefficient (Wildman–Crippen LogP) is -0.134. The SMILES string of the molecule is O=C(O)CC(NC(=O)Cc1ccco1)C(=O)O. The molecule has 0 aliphatic rings. The molecule has 1 aromatic rings. The first-order valence-corrected chi connectivity index (χ1v) is 4.75. The van der Waals surface area contributed by atoms with Crippen LogP contribution in [0.5, 0.6) is 0 Å². The van der Waals surface area contributed by atoms with Crippen LogP contribution < -0.4 is 5.32 Å². The summed E-state index contributed by atoms with van der Waals surface area (Å²) in [7, 11) is 0. The van der Waals surface area contributed by atoms with Gasteiger partial charge < -0.3 is 19.9 Å². The van der Waals surface area contributed by atoms with Crippen LogP contribution in [0.2, 0.25) is 0 Å². The van der Waals surface area contributed by atoms with Crippen molar-refractivity contribution in [3.8, 4) is 0 Å². The monoisotopic (exact) mass is 241 g/mol. The fourth-order valence-corrected chi connectivity index (χ4v) is 1.19. The van der Waals surface area contributed by atoms with E-state index in [0.29, 0.717) is 5.76 Å². The van der Waals surface area contributed by atoms with Crippen LogP contribution in [0.15, 0.2) is 22.8 Å². The lowest BCUT2D eigenvalue weighted by molar-refractivity contribution is -0.147. The Hall–Kier alpha value is -2.31. The van der Waals surface area contributed by atoms with Crippen molar-refractivity contribution in [3.05, 3.63) is 24.2 Å². The molecule has 7 heteroatoms. The van der Waals surface area contributed by atoms with Crippen molar-refractivity contribution in [1.82, 2.24) is 5.32 Å². The molecule has 0 saturated heterocycles. The molecule has 1 amide bonds. The molecule has 1 unspecified atom stereocenters. The van der Waals surface area contributed by atoms with Crippen LogP contribution in [-0.4, -0.2) is 34.1 Å². The minimum absolute atomic E-state index is 0.129. The number of amides is 1. The van der Waals surface area contributed by atoms with E-state index in [9.17, 15) is 14.4 Å². The van der Waals surface area contributed by atoms with Gasteiger partial charge in [0, 0.05) is 0 Å². The molecular formula is C10H11NO6. The first-order valence-electron chi connectivity index (χ1n) is 4.75. The average molecular weight is 241 g/mol. The largest absolute Gasteiger partial charge is 0.481 e. The number of carboxylic acids is 2. The van der Waals surface area contributed by atoms with Crippen LogP contribution in [0.1, 0.15) is 12.2 Å². The van der Waals surface area contributed by atoms with Crippen LogP contribution in [0.25, 0.3) is 0 Å². The highest BCUT2D eigenvalue weighted by Crippen LogP contribution is 2.01. The van der Waals surface area contributed by atoms with Crippen molar-refractivity contribution < 1.29 is 29.0 Å². The molecule has 7 nitrogen and oxygen atoms in total. The molecule has 0 aliphatic carbocycles. The second kappa shape index (κ2) is 5.69. The summed E-state index contributed by atoms with van der Waals surface area (Å²) in [6.07, 6.45) is 0.587. The van der Waals surface area contributed by atoms with Crippen molar-refractivity contribution in [2.75, 3.05) is 0 Å². The van der Waals surface area contributed by atoms with E-state index in [1.54, 1.807) is 12.1 Å². The fourth-order valence-electron chi connectivity index (χ4n) is 1.19. The molecule has 0 aromatic carbocycles. The average Bonchev–Trinajstić information content (AvgIpc) is 2.68. The summed E-state index contributed by atoms with van der Waals surface area (Å²) in [5, 5.41) is 19.3. The molecule has 0 fully saturated rings. The smallest absolute Gasteiger partial charge is 0.326 e. The minimum Gasteiger partial charge on any atom is -0.481 e. The Morgan fingerprint density at radius 3 is 2.53 bits per heavy atom. The number of carbonyl (C=O) groups excluding carboxylic acids is 1. The Kier molecular flexibility index (Phi) is 4.27. The molecule has 3 N–H and O–H groups in total. The summed E-state index contributed by atoms with van der Waals surface area (Å²) >= 11 is 0. The molecule has 1 rings (SSSR count). The molecule has 0 saturated carbocycles. The lowest BCUT2D eigenvalue weighted by Crippen LogP contribution is -2.42. The highest BCUT2D eigenvalue weighted by Gasteiger charge is 2.23. The molecule has 0 bridgehead atoms. The van der Waals surface area contributed by atoms with Gasteiger partial charge in [-0.15, -0.1) is 0 Å². The zero-order valence-corrected chi connectivity index (χ0v) is 8.75. The molecule has 1 aromatic heterocycles. The van der Waals surface area contributed by atoms with Gasteiger partial charge in [-0.1, -0.05) is 0 Å². The van der Waals surface area contributed by atoms with Gasteiger partial charge in [0.25, 0.3) is 0 Å². The number of carbonyl (C=O) groups is 3. The molecule has 1 atom stereocenters. The van der Waals surface area contributed by atoms with Gasteiger partial charge in [0.05, 0.1) is 19.1 Å². The van der Waals surface area contributed by atoms with Crippen molar-refractivity contribution in [2.24, 2.45) is 0 Å². The zero-order valence-electron chi connectivity index (χ0n) is 8.75. The van der Waals surface area contributed by atoms with E-state index >= 15 is 0 Å². The predicted molar refractivity (Wildman–Crippen MR) is 54.2 cm³/mol. The Bertz CT molecular complexity index is 410. The van der Waals surface area contributed by atoms with E-state index < -0.39 is 30.3 Å². The first kappa shape index (κ1) is 12.8. The number of aliphatic carboxylic acids is 2. The second-order valence-corrected chi connectivity index (χ2v) is 3.31. The van der Waals surface area contributed by atoms with Crippen LogP contribution in [0, 0.1) is 0 Å². The van der Waals surface area contributed by atoms with Gasteiger partial charge in [-0.2, -0.15) is 0 Å². The Balaban J connectivity index is 2.52. The van der Waals surface area contributed by atoms with Crippen molar-refractivity contribution in [2.45, 2.75) is 18.9 Å². The van der Waals surface area contributed by atoms with E-state index in [2.05, 4.69) is 5.32 Å². The summed E-state index contributed by atoms with van der Waals surface area (Å²) in [5.74, 6) is -2.91. The summed E-state index contributed by atoms with van der Waals surface area (Å²) in [6, 6.07) is 1.72. The highest BCUT2D eigenvalue weighted by atomic mass is 16.4. The first-order chi connectivity index (χ1) is 7.99. The summed E-state index contributed by atoms with van der Waals surface area (Å²) in [4.78, 5) is 32.4. The third kappa shape index (κ3) is 4.37. The topological polar surface area (TPSA) is 117 Å². The van der Waals surface area contributed by atoms with Crippen molar-refractivity contribution in [3.63, 3.8) is 0 Å². The lowest BCUT2D eigenvalue weighted by atomic mass is 10.2. The van der Waals surface area contributed by atoms with E-state index in [0.717, 1.165) is 0 Å². The Morgan fingerprint density at radius 1 is 1.35 bits per heavy atom. The minimum atomic E-state index is -1.44.